The van der Waals surface area contributed by atoms with Gasteiger partial charge in [0.05, 0.1) is 4.34 Å². The second-order valence-electron chi connectivity index (χ2n) is 4.52. The van der Waals surface area contributed by atoms with E-state index in [1.54, 1.807) is 0 Å². The molecule has 1 aromatic heterocycles. The molecule has 1 nitrogen and oxygen atoms in total. The first-order valence-corrected chi connectivity index (χ1v) is 6.66. The molecule has 2 unspecified atom stereocenters. The van der Waals surface area contributed by atoms with Crippen LogP contribution in [0.1, 0.15) is 31.7 Å². The first-order chi connectivity index (χ1) is 7.15. The zero-order chi connectivity index (χ0) is 10.8. The van der Waals surface area contributed by atoms with Gasteiger partial charge in [0, 0.05) is 12.3 Å². The molecule has 2 rings (SSSR count). The molecule has 1 aliphatic carbocycles. The zero-order valence-electron chi connectivity index (χ0n) is 8.83. The maximum atomic E-state index is 11.9. The first kappa shape index (κ1) is 11.2. The molecule has 1 heterocycles. The molecule has 1 saturated carbocycles. The van der Waals surface area contributed by atoms with Crippen LogP contribution in [0.5, 0.6) is 0 Å². The van der Waals surface area contributed by atoms with Crippen molar-refractivity contribution < 1.29 is 4.79 Å². The normalized spacial score (nSPS) is 25.7. The number of ketones is 1. The fourth-order valence-corrected chi connectivity index (χ4v) is 3.19. The highest BCUT2D eigenvalue weighted by molar-refractivity contribution is 7.14. The lowest BCUT2D eigenvalue weighted by atomic mass is 9.97. The van der Waals surface area contributed by atoms with Gasteiger partial charge in [-0.1, -0.05) is 18.5 Å². The molecular formula is C12H15ClOS. The van der Waals surface area contributed by atoms with E-state index in [2.05, 4.69) is 6.92 Å². The van der Waals surface area contributed by atoms with Crippen molar-refractivity contribution in [3.05, 3.63) is 21.3 Å². The van der Waals surface area contributed by atoms with Crippen molar-refractivity contribution in [2.24, 2.45) is 11.8 Å². The molecule has 3 heteroatoms. The van der Waals surface area contributed by atoms with Gasteiger partial charge in [0.1, 0.15) is 5.78 Å². The van der Waals surface area contributed by atoms with Gasteiger partial charge >= 0.3 is 0 Å². The number of halogens is 1. The molecule has 82 valence electrons. The second-order valence-corrected chi connectivity index (χ2v) is 6.06. The van der Waals surface area contributed by atoms with Crippen LogP contribution in [-0.2, 0) is 11.2 Å². The SMILES string of the molecule is CC1CCC(C(=O)Cc2csc(Cl)c2)C1. The number of carbonyl (C=O) groups excluding carboxylic acids is 1. The molecule has 0 aromatic carbocycles. The predicted molar refractivity (Wildman–Crippen MR) is 64.5 cm³/mol. The van der Waals surface area contributed by atoms with E-state index in [0.717, 1.165) is 28.7 Å². The van der Waals surface area contributed by atoms with E-state index in [1.807, 2.05) is 11.4 Å². The van der Waals surface area contributed by atoms with Crippen molar-refractivity contribution in [3.63, 3.8) is 0 Å². The summed E-state index contributed by atoms with van der Waals surface area (Å²) < 4.78 is 0.776. The smallest absolute Gasteiger partial charge is 0.140 e. The minimum absolute atomic E-state index is 0.304. The van der Waals surface area contributed by atoms with Crippen LogP contribution in [0.15, 0.2) is 11.4 Å². The number of carbonyl (C=O) groups is 1. The van der Waals surface area contributed by atoms with Gasteiger partial charge in [-0.2, -0.15) is 0 Å². The minimum Gasteiger partial charge on any atom is -0.299 e. The van der Waals surface area contributed by atoms with Gasteiger partial charge in [-0.25, -0.2) is 0 Å². The van der Waals surface area contributed by atoms with Gasteiger partial charge in [0.25, 0.3) is 0 Å². The van der Waals surface area contributed by atoms with Gasteiger partial charge in [-0.05, 0) is 42.2 Å². The van der Waals surface area contributed by atoms with Gasteiger partial charge < -0.3 is 0 Å². The molecule has 0 saturated heterocycles. The number of Topliss-reactive ketones (excluding diaryl/α,β-unsaturated/α-hetero) is 1. The van der Waals surface area contributed by atoms with Crippen LogP contribution >= 0.6 is 22.9 Å². The summed E-state index contributed by atoms with van der Waals surface area (Å²) in [7, 11) is 0. The minimum atomic E-state index is 0.304. The molecule has 1 fully saturated rings. The topological polar surface area (TPSA) is 17.1 Å². The lowest BCUT2D eigenvalue weighted by Gasteiger charge is -2.06. The van der Waals surface area contributed by atoms with Gasteiger partial charge in [-0.15, -0.1) is 11.3 Å². The highest BCUT2D eigenvalue weighted by Gasteiger charge is 2.27. The lowest BCUT2D eigenvalue weighted by molar-refractivity contribution is -0.122. The van der Waals surface area contributed by atoms with Crippen LogP contribution in [0.3, 0.4) is 0 Å². The monoisotopic (exact) mass is 242 g/mol. The fourth-order valence-electron chi connectivity index (χ4n) is 2.28. The third-order valence-electron chi connectivity index (χ3n) is 3.15. The Morgan fingerprint density at radius 2 is 2.40 bits per heavy atom. The summed E-state index contributed by atoms with van der Waals surface area (Å²) in [5.41, 5.74) is 1.08. The molecule has 0 bridgehead atoms. The summed E-state index contributed by atoms with van der Waals surface area (Å²) in [6, 6.07) is 1.91. The zero-order valence-corrected chi connectivity index (χ0v) is 10.4. The van der Waals surface area contributed by atoms with E-state index in [1.165, 1.54) is 17.8 Å². The van der Waals surface area contributed by atoms with Crippen molar-refractivity contribution in [1.82, 2.24) is 0 Å². The van der Waals surface area contributed by atoms with Crippen LogP contribution in [0.25, 0.3) is 0 Å². The van der Waals surface area contributed by atoms with E-state index < -0.39 is 0 Å². The van der Waals surface area contributed by atoms with Gasteiger partial charge in [0.15, 0.2) is 0 Å². The van der Waals surface area contributed by atoms with E-state index in [0.29, 0.717) is 18.1 Å². The van der Waals surface area contributed by atoms with Crippen molar-refractivity contribution in [3.8, 4) is 0 Å². The number of hydrogen-bond acceptors (Lipinski definition) is 2. The third-order valence-corrected chi connectivity index (χ3v) is 4.29. The molecule has 0 amide bonds. The molecule has 1 aromatic rings. The summed E-state index contributed by atoms with van der Waals surface area (Å²) in [6.45, 7) is 2.23. The van der Waals surface area contributed by atoms with E-state index >= 15 is 0 Å². The Labute approximate surface area is 99.5 Å². The summed E-state index contributed by atoms with van der Waals surface area (Å²) in [5.74, 6) is 1.43. The van der Waals surface area contributed by atoms with Crippen LogP contribution in [0, 0.1) is 11.8 Å². The van der Waals surface area contributed by atoms with Crippen LogP contribution in [0.2, 0.25) is 4.34 Å². The summed E-state index contributed by atoms with van der Waals surface area (Å²) >= 11 is 7.34. The maximum Gasteiger partial charge on any atom is 0.140 e. The molecule has 15 heavy (non-hydrogen) atoms. The Morgan fingerprint density at radius 3 is 2.93 bits per heavy atom. The van der Waals surface area contributed by atoms with Crippen molar-refractivity contribution in [1.29, 1.82) is 0 Å². The summed E-state index contributed by atoms with van der Waals surface area (Å²) in [5, 5.41) is 1.98. The Hall–Kier alpha value is -0.340. The first-order valence-electron chi connectivity index (χ1n) is 5.41. The van der Waals surface area contributed by atoms with Crippen LogP contribution in [-0.4, -0.2) is 5.78 Å². The number of rotatable bonds is 3. The molecule has 1 aliphatic rings. The van der Waals surface area contributed by atoms with Crippen LogP contribution < -0.4 is 0 Å². The van der Waals surface area contributed by atoms with Crippen LogP contribution in [0.4, 0.5) is 0 Å². The average molecular weight is 243 g/mol. The molecule has 0 spiro atoms. The fraction of sp³-hybridized carbons (Fsp3) is 0.583. The van der Waals surface area contributed by atoms with Crippen molar-refractivity contribution >= 4 is 28.7 Å². The standard InChI is InChI=1S/C12H15ClOS/c1-8-2-3-10(4-8)11(14)5-9-6-12(13)15-7-9/h6-8,10H,2-5H2,1H3. The molecule has 0 radical (unpaired) electrons. The Kier molecular flexibility index (Phi) is 3.47. The van der Waals surface area contributed by atoms with Crippen molar-refractivity contribution in [2.45, 2.75) is 32.6 Å². The second kappa shape index (κ2) is 4.67. The lowest BCUT2D eigenvalue weighted by Crippen LogP contribution is -2.13. The molecule has 0 aliphatic heterocycles. The third kappa shape index (κ3) is 2.82. The van der Waals surface area contributed by atoms with E-state index in [4.69, 9.17) is 11.6 Å². The highest BCUT2D eigenvalue weighted by Crippen LogP contribution is 2.32. The number of hydrogen-bond donors (Lipinski definition) is 0. The average Bonchev–Trinajstić information content (AvgIpc) is 2.75. The Morgan fingerprint density at radius 1 is 1.60 bits per heavy atom. The van der Waals surface area contributed by atoms with E-state index in [9.17, 15) is 4.79 Å². The predicted octanol–water partition coefficient (Wildman–Crippen LogP) is 3.95. The quantitative estimate of drug-likeness (QED) is 0.785. The summed E-state index contributed by atoms with van der Waals surface area (Å²) in [4.78, 5) is 11.9. The van der Waals surface area contributed by atoms with E-state index in [-0.39, 0.29) is 0 Å². The Bertz CT molecular complexity index is 358. The molecule has 0 N–H and O–H groups in total. The van der Waals surface area contributed by atoms with Gasteiger partial charge in [-0.3, -0.25) is 4.79 Å². The maximum absolute atomic E-state index is 11.9. The molecular weight excluding hydrogens is 228 g/mol. The largest absolute Gasteiger partial charge is 0.299 e. The van der Waals surface area contributed by atoms with Gasteiger partial charge in [0.2, 0.25) is 0 Å². The number of thiophene rings is 1. The van der Waals surface area contributed by atoms with Crippen molar-refractivity contribution in [2.75, 3.05) is 0 Å². The molecule has 2 atom stereocenters. The highest BCUT2D eigenvalue weighted by atomic mass is 35.5. The Balaban J connectivity index is 1.92. The summed E-state index contributed by atoms with van der Waals surface area (Å²) in [6.07, 6.45) is 3.94.